The Morgan fingerprint density at radius 3 is 2.36 bits per heavy atom. The molecule has 0 unspecified atom stereocenters. The molecule has 0 aliphatic carbocycles. The van der Waals surface area contributed by atoms with Gasteiger partial charge in [0.1, 0.15) is 23.8 Å². The Bertz CT molecular complexity index is 2280. The molecule has 0 spiro atoms. The number of aromatic amines is 1. The second-order valence-electron chi connectivity index (χ2n) is 14.6. The van der Waals surface area contributed by atoms with Gasteiger partial charge in [0, 0.05) is 35.9 Å². The Balaban J connectivity index is 1.22. The molecule has 2 aliphatic heterocycles. The summed E-state index contributed by atoms with van der Waals surface area (Å²) in [5.41, 5.74) is 9.57. The van der Waals surface area contributed by atoms with Gasteiger partial charge < -0.3 is 36.5 Å². The number of benzene rings is 3. The minimum absolute atomic E-state index is 0.0409. The Kier molecular flexibility index (Phi) is 11.6. The van der Waals surface area contributed by atoms with Crippen LogP contribution in [0.15, 0.2) is 60.7 Å². The van der Waals surface area contributed by atoms with Crippen LogP contribution < -0.4 is 26.6 Å². The summed E-state index contributed by atoms with van der Waals surface area (Å²) in [5.74, 6) is -2.58. The number of rotatable bonds is 14. The largest absolute Gasteiger partial charge is 0.396 e. The van der Waals surface area contributed by atoms with Crippen molar-refractivity contribution in [2.45, 2.75) is 89.9 Å². The van der Waals surface area contributed by atoms with Crippen LogP contribution in [0.1, 0.15) is 94.6 Å². The highest BCUT2D eigenvalue weighted by Gasteiger charge is 2.45. The number of carbonyl (C=O) groups is 6. The first kappa shape index (κ1) is 40.0. The standard InChI is InChI=1S/C40H45N6O9P/c1-4-22-15-25-9-12-31(45-37(49)32-18-27-17-26(10-11-29(27)43-32)40(52)56(53,54)55)39(51)46-33(19-28(16-22)35(25)46)38(50)44-30(13-14-34(41)47)36(48)42-20-23-5-7-24(8-6-23)21(2)3/h5-8,10-11,15-18,21,30-31,33,43H,4,9,12-14,19-20H2,1-3H3,(H2,41,47)(H,42,48)(H,44,50)(H,45,49)(H2,53,54,55)/t30-,31-,33-/m0/s1. The number of hydrogen-bond acceptors (Lipinski definition) is 7. The zero-order valence-electron chi connectivity index (χ0n) is 31.3. The second-order valence-corrected chi connectivity index (χ2v) is 16.1. The Hall–Kier alpha value is -5.63. The lowest BCUT2D eigenvalue weighted by atomic mass is 9.97. The molecule has 5 amide bonds. The van der Waals surface area contributed by atoms with Gasteiger partial charge in [-0.25, -0.2) is 0 Å². The quantitative estimate of drug-likeness (QED) is 0.0928. The molecule has 0 saturated carbocycles. The lowest BCUT2D eigenvalue weighted by Crippen LogP contribution is -2.57. The molecule has 3 aromatic carbocycles. The molecule has 3 heterocycles. The summed E-state index contributed by atoms with van der Waals surface area (Å²) < 4.78 is 11.5. The molecule has 15 nitrogen and oxygen atoms in total. The maximum absolute atomic E-state index is 14.4. The molecule has 6 rings (SSSR count). The van der Waals surface area contributed by atoms with E-state index in [0.29, 0.717) is 35.3 Å². The maximum Gasteiger partial charge on any atom is 0.396 e. The number of H-pyrrole nitrogens is 1. The second kappa shape index (κ2) is 16.2. The molecule has 16 heteroatoms. The third-order valence-corrected chi connectivity index (χ3v) is 11.1. The summed E-state index contributed by atoms with van der Waals surface area (Å²) in [5, 5.41) is 8.77. The number of nitrogens with zero attached hydrogens (tertiary/aromatic N) is 1. The number of carbonyl (C=O) groups excluding carboxylic acids is 6. The van der Waals surface area contributed by atoms with Crippen LogP contribution in [0.5, 0.6) is 0 Å². The summed E-state index contributed by atoms with van der Waals surface area (Å²) in [4.78, 5) is 103. The zero-order chi connectivity index (χ0) is 40.5. The number of amides is 5. The first-order valence-corrected chi connectivity index (χ1v) is 20.1. The van der Waals surface area contributed by atoms with Crippen molar-refractivity contribution >= 4 is 59.2 Å². The van der Waals surface area contributed by atoms with Gasteiger partial charge >= 0.3 is 7.60 Å². The minimum Gasteiger partial charge on any atom is -0.370 e. The van der Waals surface area contributed by atoms with E-state index in [2.05, 4.69) is 34.8 Å². The summed E-state index contributed by atoms with van der Waals surface area (Å²) in [6, 6.07) is 13.8. The number of primary amides is 1. The van der Waals surface area contributed by atoms with Crippen LogP contribution in [0.2, 0.25) is 0 Å². The van der Waals surface area contributed by atoms with E-state index in [-0.39, 0.29) is 43.5 Å². The fourth-order valence-electron chi connectivity index (χ4n) is 7.29. The molecule has 0 saturated heterocycles. The van der Waals surface area contributed by atoms with Crippen LogP contribution in [0.25, 0.3) is 10.9 Å². The van der Waals surface area contributed by atoms with E-state index in [4.69, 9.17) is 5.73 Å². The first-order chi connectivity index (χ1) is 26.5. The van der Waals surface area contributed by atoms with E-state index < -0.39 is 60.8 Å². The average molecular weight is 785 g/mol. The molecule has 0 radical (unpaired) electrons. The van der Waals surface area contributed by atoms with Gasteiger partial charge in [0.15, 0.2) is 0 Å². The van der Waals surface area contributed by atoms with E-state index in [0.717, 1.165) is 27.8 Å². The third kappa shape index (κ3) is 8.60. The Labute approximate surface area is 322 Å². The van der Waals surface area contributed by atoms with Crippen molar-refractivity contribution in [1.29, 1.82) is 0 Å². The van der Waals surface area contributed by atoms with Crippen molar-refractivity contribution in [3.63, 3.8) is 0 Å². The number of nitrogens with two attached hydrogens (primary N) is 1. The van der Waals surface area contributed by atoms with Crippen molar-refractivity contribution in [3.8, 4) is 0 Å². The summed E-state index contributed by atoms with van der Waals surface area (Å²) >= 11 is 0. The molecule has 0 bridgehead atoms. The van der Waals surface area contributed by atoms with Crippen LogP contribution in [-0.4, -0.2) is 68.0 Å². The molecule has 0 fully saturated rings. The molecule has 1 aromatic heterocycles. The topological polar surface area (TPSA) is 241 Å². The normalized spacial score (nSPS) is 17.0. The van der Waals surface area contributed by atoms with Crippen molar-refractivity contribution < 1.29 is 43.1 Å². The summed E-state index contributed by atoms with van der Waals surface area (Å²) in [7, 11) is -5.03. The van der Waals surface area contributed by atoms with Gasteiger partial charge in [0.25, 0.3) is 11.4 Å². The SMILES string of the molecule is CCc1cc2c3c(c1)C[C@@H](C(=O)N[C@@H](CCC(N)=O)C(=O)NCc1ccc(C(C)C)cc1)N3C(=O)[C@@H](NC(=O)c1cc3cc(C(=O)P(=O)(O)O)ccc3[nH]1)CC2. The van der Waals surface area contributed by atoms with Gasteiger partial charge in [0.2, 0.25) is 23.6 Å². The Morgan fingerprint density at radius 1 is 0.982 bits per heavy atom. The van der Waals surface area contributed by atoms with Crippen molar-refractivity contribution in [3.05, 3.63) is 99.7 Å². The smallest absolute Gasteiger partial charge is 0.370 e. The number of aromatic nitrogens is 1. The molecule has 294 valence electrons. The van der Waals surface area contributed by atoms with Gasteiger partial charge in [-0.05, 0) is 83.7 Å². The van der Waals surface area contributed by atoms with Gasteiger partial charge in [-0.2, -0.15) is 0 Å². The van der Waals surface area contributed by atoms with Crippen molar-refractivity contribution in [1.82, 2.24) is 20.9 Å². The van der Waals surface area contributed by atoms with Crippen LogP contribution in [-0.2, 0) is 49.6 Å². The predicted molar refractivity (Wildman–Crippen MR) is 208 cm³/mol. The predicted octanol–water partition coefficient (Wildman–Crippen LogP) is 3.24. The van der Waals surface area contributed by atoms with Crippen LogP contribution >= 0.6 is 7.60 Å². The van der Waals surface area contributed by atoms with E-state index in [1.54, 1.807) is 0 Å². The lowest BCUT2D eigenvalue weighted by molar-refractivity contribution is -0.131. The van der Waals surface area contributed by atoms with Crippen molar-refractivity contribution in [2.24, 2.45) is 5.73 Å². The van der Waals surface area contributed by atoms with Crippen LogP contribution in [0.3, 0.4) is 0 Å². The highest BCUT2D eigenvalue weighted by atomic mass is 31.2. The van der Waals surface area contributed by atoms with E-state index in [1.165, 1.54) is 29.2 Å². The van der Waals surface area contributed by atoms with Gasteiger partial charge in [-0.1, -0.05) is 57.2 Å². The summed E-state index contributed by atoms with van der Waals surface area (Å²) in [6.45, 7) is 6.36. The van der Waals surface area contributed by atoms with Gasteiger partial charge in [-0.15, -0.1) is 0 Å². The van der Waals surface area contributed by atoms with Gasteiger partial charge in [-0.3, -0.25) is 38.2 Å². The number of nitrogens with one attached hydrogen (secondary N) is 4. The van der Waals surface area contributed by atoms with Crippen molar-refractivity contribution in [2.75, 3.05) is 4.90 Å². The maximum atomic E-state index is 14.4. The van der Waals surface area contributed by atoms with Crippen LogP contribution in [0, 0.1) is 0 Å². The molecule has 3 atom stereocenters. The molecule has 8 N–H and O–H groups in total. The average Bonchev–Trinajstić information content (AvgIpc) is 3.74. The molecule has 2 aliphatic rings. The molecule has 56 heavy (non-hydrogen) atoms. The molecule has 4 aromatic rings. The fourth-order valence-corrected chi connectivity index (χ4v) is 7.77. The Morgan fingerprint density at radius 2 is 1.70 bits per heavy atom. The van der Waals surface area contributed by atoms with E-state index in [1.807, 2.05) is 43.3 Å². The van der Waals surface area contributed by atoms with Gasteiger partial charge in [0.05, 0.1) is 5.69 Å². The number of anilines is 1. The highest BCUT2D eigenvalue weighted by molar-refractivity contribution is 7.70. The lowest BCUT2D eigenvalue weighted by Gasteiger charge is -2.29. The van der Waals surface area contributed by atoms with E-state index >= 15 is 0 Å². The molecular formula is C40H45N6O9P. The molecular weight excluding hydrogens is 739 g/mol. The fraction of sp³-hybridized carbons (Fsp3) is 0.350. The highest BCUT2D eigenvalue weighted by Crippen LogP contribution is 2.41. The zero-order valence-corrected chi connectivity index (χ0v) is 32.2. The minimum atomic E-state index is -5.03. The summed E-state index contributed by atoms with van der Waals surface area (Å²) in [6.07, 6.45) is 1.29. The van der Waals surface area contributed by atoms with Crippen LogP contribution in [0.4, 0.5) is 5.69 Å². The number of hydrogen-bond donors (Lipinski definition) is 7. The van der Waals surface area contributed by atoms with E-state index in [9.17, 15) is 43.1 Å². The first-order valence-electron chi connectivity index (χ1n) is 18.5. The monoisotopic (exact) mass is 784 g/mol. The number of aryl methyl sites for hydroxylation is 2. The third-order valence-electron chi connectivity index (χ3n) is 10.3. The number of fused-ring (bicyclic) bond motifs is 1.